The van der Waals surface area contributed by atoms with Crippen LogP contribution < -0.4 is 15.0 Å². The van der Waals surface area contributed by atoms with Gasteiger partial charge in [-0.2, -0.15) is 0 Å². The Morgan fingerprint density at radius 2 is 2.07 bits per heavy atom. The van der Waals surface area contributed by atoms with Crippen LogP contribution in [0.5, 0.6) is 5.75 Å². The van der Waals surface area contributed by atoms with Crippen LogP contribution in [-0.4, -0.2) is 30.4 Å². The number of benzene rings is 2. The van der Waals surface area contributed by atoms with Crippen LogP contribution >= 0.6 is 0 Å². The molecular weight excluding hydrogens is 362 g/mol. The van der Waals surface area contributed by atoms with Gasteiger partial charge >= 0.3 is 0 Å². The van der Waals surface area contributed by atoms with Crippen LogP contribution in [0.3, 0.4) is 0 Å². The first-order chi connectivity index (χ1) is 13.5. The van der Waals surface area contributed by atoms with E-state index >= 15 is 0 Å². The third kappa shape index (κ3) is 4.17. The quantitative estimate of drug-likeness (QED) is 0.469. The first-order valence-corrected chi connectivity index (χ1v) is 8.70. The number of hydrogen-bond donors (Lipinski definition) is 1. The van der Waals surface area contributed by atoms with Crippen LogP contribution in [0, 0.1) is 10.1 Å². The second-order valence-corrected chi connectivity index (χ2v) is 6.17. The summed E-state index contributed by atoms with van der Waals surface area (Å²) in [4.78, 5) is 36.3. The van der Waals surface area contributed by atoms with Gasteiger partial charge in [-0.3, -0.25) is 19.7 Å². The molecule has 28 heavy (non-hydrogen) atoms. The average Bonchev–Trinajstić information content (AvgIpc) is 3.12. The molecule has 0 unspecified atom stereocenters. The zero-order valence-electron chi connectivity index (χ0n) is 15.3. The van der Waals surface area contributed by atoms with E-state index in [9.17, 15) is 19.7 Å². The van der Waals surface area contributed by atoms with E-state index in [2.05, 4.69) is 5.32 Å². The zero-order valence-corrected chi connectivity index (χ0v) is 15.3. The van der Waals surface area contributed by atoms with E-state index in [0.717, 1.165) is 6.42 Å². The highest BCUT2D eigenvalue weighted by Gasteiger charge is 2.24. The Morgan fingerprint density at radius 3 is 2.75 bits per heavy atom. The van der Waals surface area contributed by atoms with Crippen molar-refractivity contribution in [3.05, 3.63) is 64.2 Å². The van der Waals surface area contributed by atoms with Crippen LogP contribution in [0.1, 0.15) is 18.4 Å². The van der Waals surface area contributed by atoms with Gasteiger partial charge in [0.05, 0.1) is 23.3 Å². The molecule has 1 aliphatic rings. The third-order valence-corrected chi connectivity index (χ3v) is 4.36. The maximum Gasteiger partial charge on any atom is 0.276 e. The topological polar surface area (TPSA) is 102 Å². The van der Waals surface area contributed by atoms with Gasteiger partial charge in [0.2, 0.25) is 11.8 Å². The number of nitro groups is 1. The Balaban J connectivity index is 1.74. The smallest absolute Gasteiger partial charge is 0.276 e. The molecule has 0 spiro atoms. The number of nitrogens with one attached hydrogen (secondary N) is 1. The zero-order chi connectivity index (χ0) is 20.1. The van der Waals surface area contributed by atoms with Crippen molar-refractivity contribution >= 4 is 35.0 Å². The molecule has 1 fully saturated rings. The molecule has 1 aliphatic heterocycles. The molecule has 1 saturated heterocycles. The first-order valence-electron chi connectivity index (χ1n) is 8.70. The number of carbonyl (C=O) groups is 2. The number of para-hydroxylation sites is 1. The average molecular weight is 381 g/mol. The van der Waals surface area contributed by atoms with Gasteiger partial charge < -0.3 is 15.0 Å². The predicted octanol–water partition coefficient (Wildman–Crippen LogP) is 3.38. The number of methoxy groups -OCH3 is 1. The van der Waals surface area contributed by atoms with Crippen molar-refractivity contribution in [1.82, 2.24) is 0 Å². The van der Waals surface area contributed by atoms with Crippen molar-refractivity contribution < 1.29 is 19.2 Å². The summed E-state index contributed by atoms with van der Waals surface area (Å²) in [7, 11) is 1.50. The first kappa shape index (κ1) is 19.1. The molecule has 8 nitrogen and oxygen atoms in total. The molecule has 2 amide bonds. The fourth-order valence-electron chi connectivity index (χ4n) is 3.03. The Bertz CT molecular complexity index is 955. The van der Waals surface area contributed by atoms with Gasteiger partial charge in [-0.05, 0) is 30.7 Å². The normalized spacial score (nSPS) is 13.8. The minimum absolute atomic E-state index is 0.0440. The lowest BCUT2D eigenvalue weighted by molar-refractivity contribution is -0.385. The van der Waals surface area contributed by atoms with Crippen molar-refractivity contribution in [3.63, 3.8) is 0 Å². The molecule has 0 aromatic heterocycles. The molecule has 1 heterocycles. The van der Waals surface area contributed by atoms with E-state index in [0.29, 0.717) is 35.7 Å². The van der Waals surface area contributed by atoms with Crippen LogP contribution in [0.25, 0.3) is 6.08 Å². The lowest BCUT2D eigenvalue weighted by Gasteiger charge is -2.19. The maximum atomic E-state index is 12.2. The Labute approximate surface area is 161 Å². The molecule has 2 aromatic rings. The number of amides is 2. The molecule has 144 valence electrons. The predicted molar refractivity (Wildman–Crippen MR) is 105 cm³/mol. The van der Waals surface area contributed by atoms with Gasteiger partial charge in [-0.25, -0.2) is 0 Å². The van der Waals surface area contributed by atoms with E-state index in [1.165, 1.54) is 25.3 Å². The fraction of sp³-hybridized carbons (Fsp3) is 0.200. The number of carbonyl (C=O) groups excluding carboxylic acids is 2. The highest BCUT2D eigenvalue weighted by Crippen LogP contribution is 2.33. The van der Waals surface area contributed by atoms with Gasteiger partial charge in [0.15, 0.2) is 0 Å². The molecule has 0 radical (unpaired) electrons. The Kier molecular flexibility index (Phi) is 5.69. The number of nitrogens with zero attached hydrogens (tertiary/aromatic N) is 2. The summed E-state index contributed by atoms with van der Waals surface area (Å²) < 4.78 is 5.36. The summed E-state index contributed by atoms with van der Waals surface area (Å²) in [5.74, 6) is 0.0865. The summed E-state index contributed by atoms with van der Waals surface area (Å²) in [6.45, 7) is 0.638. The summed E-state index contributed by atoms with van der Waals surface area (Å²) in [5, 5.41) is 13.7. The molecule has 0 atom stereocenters. The van der Waals surface area contributed by atoms with E-state index in [1.807, 2.05) is 0 Å². The van der Waals surface area contributed by atoms with Crippen molar-refractivity contribution in [2.75, 3.05) is 23.9 Å². The molecule has 0 aliphatic carbocycles. The Morgan fingerprint density at radius 1 is 1.29 bits per heavy atom. The summed E-state index contributed by atoms with van der Waals surface area (Å²) in [6, 6.07) is 11.2. The fourth-order valence-corrected chi connectivity index (χ4v) is 3.03. The van der Waals surface area contributed by atoms with Gasteiger partial charge in [0.25, 0.3) is 5.69 Å². The summed E-state index contributed by atoms with van der Waals surface area (Å²) >= 11 is 0. The molecule has 2 aromatic carbocycles. The number of rotatable bonds is 6. The number of nitro benzene ring substituents is 1. The van der Waals surface area contributed by atoms with Crippen molar-refractivity contribution in [3.8, 4) is 5.75 Å². The molecule has 0 saturated carbocycles. The van der Waals surface area contributed by atoms with Crippen LogP contribution in [0.4, 0.5) is 17.1 Å². The number of anilines is 2. The lowest BCUT2D eigenvalue weighted by Crippen LogP contribution is -2.24. The highest BCUT2D eigenvalue weighted by atomic mass is 16.6. The molecule has 3 rings (SSSR count). The second-order valence-electron chi connectivity index (χ2n) is 6.17. The largest absolute Gasteiger partial charge is 0.494 e. The summed E-state index contributed by atoms with van der Waals surface area (Å²) in [6.07, 6.45) is 3.93. The molecular formula is C20H19N3O5. The van der Waals surface area contributed by atoms with E-state index in [1.54, 1.807) is 41.3 Å². The third-order valence-electron chi connectivity index (χ3n) is 4.36. The minimum atomic E-state index is -0.499. The molecule has 0 bridgehead atoms. The highest BCUT2D eigenvalue weighted by molar-refractivity contribution is 6.03. The maximum absolute atomic E-state index is 12.2. The monoisotopic (exact) mass is 381 g/mol. The van der Waals surface area contributed by atoms with Gasteiger partial charge in [0, 0.05) is 36.9 Å². The van der Waals surface area contributed by atoms with E-state index < -0.39 is 10.8 Å². The number of ether oxygens (including phenoxy) is 1. The van der Waals surface area contributed by atoms with Gasteiger partial charge in [0.1, 0.15) is 5.75 Å². The van der Waals surface area contributed by atoms with E-state index in [-0.39, 0.29) is 11.6 Å². The van der Waals surface area contributed by atoms with E-state index in [4.69, 9.17) is 4.74 Å². The standard InChI is InChI=1S/C20H19N3O5/c1-28-18-13-15(9-10-17(18)22-12-4-7-20(22)25)21-19(24)11-8-14-5-2-3-6-16(14)23(26)27/h2-3,5-6,8-11,13H,4,7,12H2,1H3,(H,21,24)/b11-8-. The second kappa shape index (κ2) is 8.34. The molecule has 8 heteroatoms. The number of hydrogen-bond acceptors (Lipinski definition) is 5. The van der Waals surface area contributed by atoms with Crippen molar-refractivity contribution in [1.29, 1.82) is 0 Å². The van der Waals surface area contributed by atoms with Gasteiger partial charge in [-0.15, -0.1) is 0 Å². The van der Waals surface area contributed by atoms with Gasteiger partial charge in [-0.1, -0.05) is 12.1 Å². The van der Waals surface area contributed by atoms with Crippen LogP contribution in [-0.2, 0) is 9.59 Å². The summed E-state index contributed by atoms with van der Waals surface area (Å²) in [5.41, 5.74) is 1.42. The van der Waals surface area contributed by atoms with Crippen LogP contribution in [0.15, 0.2) is 48.5 Å². The van der Waals surface area contributed by atoms with Crippen LogP contribution in [0.2, 0.25) is 0 Å². The SMILES string of the molecule is COc1cc(NC(=O)/C=C\c2ccccc2[N+](=O)[O-])ccc1N1CCCC1=O. The van der Waals surface area contributed by atoms with Crippen molar-refractivity contribution in [2.45, 2.75) is 12.8 Å². The minimum Gasteiger partial charge on any atom is -0.494 e. The van der Waals surface area contributed by atoms with Crippen molar-refractivity contribution in [2.24, 2.45) is 0 Å². The molecule has 1 N–H and O–H groups in total. The lowest BCUT2D eigenvalue weighted by atomic mass is 10.1. The Hall–Kier alpha value is -3.68.